The van der Waals surface area contributed by atoms with Gasteiger partial charge >= 0.3 is 0 Å². The van der Waals surface area contributed by atoms with Gasteiger partial charge in [0, 0.05) is 12.6 Å². The lowest BCUT2D eigenvalue weighted by Gasteiger charge is -2.16. The first-order valence-corrected chi connectivity index (χ1v) is 5.54. The van der Waals surface area contributed by atoms with Gasteiger partial charge in [-0.15, -0.1) is 0 Å². The van der Waals surface area contributed by atoms with Crippen molar-refractivity contribution in [2.75, 3.05) is 20.6 Å². The Labute approximate surface area is 84.4 Å². The summed E-state index contributed by atoms with van der Waals surface area (Å²) >= 11 is 1.75. The van der Waals surface area contributed by atoms with Crippen molar-refractivity contribution in [3.8, 4) is 0 Å². The predicted octanol–water partition coefficient (Wildman–Crippen LogP) is 1.57. The number of thiophene rings is 1. The van der Waals surface area contributed by atoms with Crippen molar-refractivity contribution in [2.24, 2.45) is 5.73 Å². The number of hydrogen-bond donors (Lipinski definition) is 1. The van der Waals surface area contributed by atoms with Gasteiger partial charge in [0.2, 0.25) is 0 Å². The van der Waals surface area contributed by atoms with Gasteiger partial charge in [-0.1, -0.05) is 0 Å². The van der Waals surface area contributed by atoms with Crippen molar-refractivity contribution in [2.45, 2.75) is 18.9 Å². The summed E-state index contributed by atoms with van der Waals surface area (Å²) in [6.07, 6.45) is 2.19. The summed E-state index contributed by atoms with van der Waals surface area (Å²) in [6.45, 7) is 0.976. The number of aryl methyl sites for hydroxylation is 1. The van der Waals surface area contributed by atoms with Crippen LogP contribution >= 0.6 is 11.3 Å². The molecule has 1 unspecified atom stereocenters. The van der Waals surface area contributed by atoms with E-state index >= 15 is 0 Å². The zero-order valence-corrected chi connectivity index (χ0v) is 9.18. The van der Waals surface area contributed by atoms with E-state index in [-0.39, 0.29) is 0 Å². The minimum Gasteiger partial charge on any atom is -0.327 e. The van der Waals surface area contributed by atoms with Crippen LogP contribution in [-0.2, 0) is 6.42 Å². The second kappa shape index (κ2) is 5.37. The summed E-state index contributed by atoms with van der Waals surface area (Å²) in [6, 6.07) is 2.47. The molecule has 13 heavy (non-hydrogen) atoms. The summed E-state index contributed by atoms with van der Waals surface area (Å²) in [5.74, 6) is 0. The van der Waals surface area contributed by atoms with Crippen molar-refractivity contribution >= 4 is 11.3 Å². The molecule has 0 aromatic carbocycles. The van der Waals surface area contributed by atoms with E-state index in [9.17, 15) is 0 Å². The summed E-state index contributed by atoms with van der Waals surface area (Å²) in [5.41, 5.74) is 7.37. The lowest BCUT2D eigenvalue weighted by atomic mass is 10.1. The van der Waals surface area contributed by atoms with E-state index in [0.717, 1.165) is 19.4 Å². The Kier molecular flexibility index (Phi) is 4.42. The molecule has 0 radical (unpaired) electrons. The molecular formula is C10H18N2S. The zero-order chi connectivity index (χ0) is 9.68. The zero-order valence-electron chi connectivity index (χ0n) is 8.36. The standard InChI is InChI=1S/C10H18N2S/c1-12(2)7-10(11)4-3-9-5-6-13-8-9/h5-6,8,10H,3-4,7,11H2,1-2H3. The Balaban J connectivity index is 2.19. The van der Waals surface area contributed by atoms with Crippen molar-refractivity contribution in [1.29, 1.82) is 0 Å². The Morgan fingerprint density at radius 3 is 2.85 bits per heavy atom. The van der Waals surface area contributed by atoms with Crippen LogP contribution in [0.2, 0.25) is 0 Å². The molecule has 1 aromatic heterocycles. The maximum absolute atomic E-state index is 5.95. The Morgan fingerprint density at radius 1 is 1.54 bits per heavy atom. The third kappa shape index (κ3) is 4.41. The molecule has 3 heteroatoms. The molecule has 1 heterocycles. The van der Waals surface area contributed by atoms with Gasteiger partial charge in [0.15, 0.2) is 0 Å². The van der Waals surface area contributed by atoms with Crippen molar-refractivity contribution in [3.63, 3.8) is 0 Å². The maximum atomic E-state index is 5.95. The molecule has 2 N–H and O–H groups in total. The smallest absolute Gasteiger partial charge is 0.0170 e. The van der Waals surface area contributed by atoms with Crippen LogP contribution in [-0.4, -0.2) is 31.6 Å². The first kappa shape index (κ1) is 10.7. The minimum atomic E-state index is 0.301. The van der Waals surface area contributed by atoms with E-state index in [4.69, 9.17) is 5.73 Å². The molecule has 0 saturated carbocycles. The predicted molar refractivity (Wildman–Crippen MR) is 59.2 cm³/mol. The van der Waals surface area contributed by atoms with E-state index in [1.165, 1.54) is 5.56 Å². The average Bonchev–Trinajstić information content (AvgIpc) is 2.51. The summed E-state index contributed by atoms with van der Waals surface area (Å²) in [5, 5.41) is 4.31. The van der Waals surface area contributed by atoms with Gasteiger partial charge in [0.05, 0.1) is 0 Å². The van der Waals surface area contributed by atoms with Crippen LogP contribution in [0.3, 0.4) is 0 Å². The fraction of sp³-hybridized carbons (Fsp3) is 0.600. The highest BCUT2D eigenvalue weighted by atomic mass is 32.1. The highest BCUT2D eigenvalue weighted by Gasteiger charge is 2.04. The van der Waals surface area contributed by atoms with Crippen LogP contribution in [0.4, 0.5) is 0 Å². The molecule has 2 nitrogen and oxygen atoms in total. The Bertz CT molecular complexity index is 219. The van der Waals surface area contributed by atoms with Crippen LogP contribution < -0.4 is 5.73 Å². The summed E-state index contributed by atoms with van der Waals surface area (Å²) in [4.78, 5) is 2.14. The molecule has 1 aromatic rings. The number of likely N-dealkylation sites (N-methyl/N-ethyl adjacent to an activating group) is 1. The Morgan fingerprint density at radius 2 is 2.31 bits per heavy atom. The second-order valence-corrected chi connectivity index (χ2v) is 4.47. The fourth-order valence-corrected chi connectivity index (χ4v) is 2.05. The van der Waals surface area contributed by atoms with E-state index in [0.29, 0.717) is 6.04 Å². The van der Waals surface area contributed by atoms with Gasteiger partial charge in [0.1, 0.15) is 0 Å². The second-order valence-electron chi connectivity index (χ2n) is 3.69. The summed E-state index contributed by atoms with van der Waals surface area (Å²) < 4.78 is 0. The molecule has 0 aliphatic carbocycles. The number of rotatable bonds is 5. The third-order valence-corrected chi connectivity index (χ3v) is 2.72. The molecule has 0 saturated heterocycles. The van der Waals surface area contributed by atoms with Crippen LogP contribution in [0.1, 0.15) is 12.0 Å². The van der Waals surface area contributed by atoms with E-state index in [1.807, 2.05) is 0 Å². The highest BCUT2D eigenvalue weighted by Crippen LogP contribution is 2.09. The largest absolute Gasteiger partial charge is 0.327 e. The lowest BCUT2D eigenvalue weighted by molar-refractivity contribution is 0.363. The van der Waals surface area contributed by atoms with Gasteiger partial charge in [-0.05, 0) is 49.3 Å². The van der Waals surface area contributed by atoms with Crippen molar-refractivity contribution in [1.82, 2.24) is 4.90 Å². The number of nitrogens with zero attached hydrogens (tertiary/aromatic N) is 1. The summed E-state index contributed by atoms with van der Waals surface area (Å²) in [7, 11) is 4.12. The molecule has 0 aliphatic rings. The molecule has 0 aliphatic heterocycles. The van der Waals surface area contributed by atoms with Gasteiger partial charge < -0.3 is 10.6 Å². The monoisotopic (exact) mass is 198 g/mol. The Hall–Kier alpha value is -0.380. The maximum Gasteiger partial charge on any atom is 0.0170 e. The van der Waals surface area contributed by atoms with E-state index in [2.05, 4.69) is 35.8 Å². The highest BCUT2D eigenvalue weighted by molar-refractivity contribution is 7.07. The van der Waals surface area contributed by atoms with Crippen molar-refractivity contribution in [3.05, 3.63) is 22.4 Å². The molecule has 0 bridgehead atoms. The quantitative estimate of drug-likeness (QED) is 0.778. The normalized spacial score (nSPS) is 13.5. The average molecular weight is 198 g/mol. The van der Waals surface area contributed by atoms with E-state index < -0.39 is 0 Å². The molecule has 0 fully saturated rings. The molecular weight excluding hydrogens is 180 g/mol. The van der Waals surface area contributed by atoms with Gasteiger partial charge in [-0.25, -0.2) is 0 Å². The molecule has 0 amide bonds. The van der Waals surface area contributed by atoms with Crippen LogP contribution in [0.25, 0.3) is 0 Å². The molecule has 1 rings (SSSR count). The fourth-order valence-electron chi connectivity index (χ4n) is 1.35. The van der Waals surface area contributed by atoms with Crippen LogP contribution in [0.15, 0.2) is 16.8 Å². The molecule has 1 atom stereocenters. The van der Waals surface area contributed by atoms with Crippen molar-refractivity contribution < 1.29 is 0 Å². The lowest BCUT2D eigenvalue weighted by Crippen LogP contribution is -2.33. The topological polar surface area (TPSA) is 29.3 Å². The van der Waals surface area contributed by atoms with E-state index in [1.54, 1.807) is 11.3 Å². The van der Waals surface area contributed by atoms with Crippen LogP contribution in [0, 0.1) is 0 Å². The molecule has 74 valence electrons. The number of nitrogens with two attached hydrogens (primary N) is 1. The minimum absolute atomic E-state index is 0.301. The first-order chi connectivity index (χ1) is 6.18. The van der Waals surface area contributed by atoms with Gasteiger partial charge in [-0.3, -0.25) is 0 Å². The van der Waals surface area contributed by atoms with Gasteiger partial charge in [0.25, 0.3) is 0 Å². The third-order valence-electron chi connectivity index (χ3n) is 1.98. The number of hydrogen-bond acceptors (Lipinski definition) is 3. The SMILES string of the molecule is CN(C)CC(N)CCc1ccsc1. The molecule has 0 spiro atoms. The van der Waals surface area contributed by atoms with Gasteiger partial charge in [-0.2, -0.15) is 11.3 Å². The first-order valence-electron chi connectivity index (χ1n) is 4.60. The van der Waals surface area contributed by atoms with Crippen LogP contribution in [0.5, 0.6) is 0 Å².